The zero-order chi connectivity index (χ0) is 16.1. The van der Waals surface area contributed by atoms with Crippen LogP contribution in [-0.4, -0.2) is 17.7 Å². The standard InChI is InChI=1S/C17H14F2N2OS/c1-8-16(22)21-17-13(9-4-2-7-12(9)23-17)15(20-8)14-10(18)5-3-6-11(14)19/h3,5-6,8H,2,4,7H2,1H3,(H,21,22). The summed E-state index contributed by atoms with van der Waals surface area (Å²) in [7, 11) is 0. The van der Waals surface area contributed by atoms with E-state index in [1.54, 1.807) is 6.92 Å². The minimum atomic E-state index is -0.694. The molecule has 2 aromatic rings. The number of halogens is 2. The first-order valence-electron chi connectivity index (χ1n) is 7.54. The van der Waals surface area contributed by atoms with Crippen molar-refractivity contribution in [2.24, 2.45) is 4.99 Å². The molecule has 1 amide bonds. The molecule has 118 valence electrons. The number of nitrogens with one attached hydrogen (secondary N) is 1. The van der Waals surface area contributed by atoms with Crippen LogP contribution < -0.4 is 5.32 Å². The molecule has 6 heteroatoms. The van der Waals surface area contributed by atoms with Crippen molar-refractivity contribution in [2.75, 3.05) is 5.32 Å². The average Bonchev–Trinajstić information content (AvgIpc) is 3.03. The monoisotopic (exact) mass is 332 g/mol. The summed E-state index contributed by atoms with van der Waals surface area (Å²) in [6.07, 6.45) is 2.80. The highest BCUT2D eigenvalue weighted by Crippen LogP contribution is 2.42. The van der Waals surface area contributed by atoms with Gasteiger partial charge in [0.15, 0.2) is 0 Å². The minimum Gasteiger partial charge on any atom is -0.315 e. The number of hydrogen-bond donors (Lipinski definition) is 1. The van der Waals surface area contributed by atoms with Crippen molar-refractivity contribution in [1.82, 2.24) is 0 Å². The van der Waals surface area contributed by atoms with E-state index in [9.17, 15) is 13.6 Å². The third-order valence-electron chi connectivity index (χ3n) is 4.30. The molecular weight excluding hydrogens is 318 g/mol. The molecule has 2 heterocycles. The van der Waals surface area contributed by atoms with Gasteiger partial charge in [0.2, 0.25) is 5.91 Å². The van der Waals surface area contributed by atoms with E-state index < -0.39 is 17.7 Å². The van der Waals surface area contributed by atoms with Crippen molar-refractivity contribution in [2.45, 2.75) is 32.2 Å². The van der Waals surface area contributed by atoms with Crippen molar-refractivity contribution in [3.63, 3.8) is 0 Å². The highest BCUT2D eigenvalue weighted by molar-refractivity contribution is 7.17. The molecule has 0 saturated heterocycles. The van der Waals surface area contributed by atoms with Gasteiger partial charge in [-0.3, -0.25) is 9.79 Å². The van der Waals surface area contributed by atoms with E-state index in [1.807, 2.05) is 0 Å². The first-order chi connectivity index (χ1) is 11.1. The second-order valence-electron chi connectivity index (χ2n) is 5.80. The smallest absolute Gasteiger partial charge is 0.249 e. The molecule has 1 atom stereocenters. The second kappa shape index (κ2) is 5.23. The molecular formula is C17H14F2N2OS. The van der Waals surface area contributed by atoms with E-state index in [0.717, 1.165) is 24.8 Å². The van der Waals surface area contributed by atoms with E-state index in [2.05, 4.69) is 10.3 Å². The number of aliphatic imine (C=N–C) groups is 1. The zero-order valence-corrected chi connectivity index (χ0v) is 13.3. The lowest BCUT2D eigenvalue weighted by Crippen LogP contribution is -2.22. The number of fused-ring (bicyclic) bond motifs is 3. The fourth-order valence-electron chi connectivity index (χ4n) is 3.19. The Balaban J connectivity index is 2.02. The largest absolute Gasteiger partial charge is 0.315 e. The number of carbonyl (C=O) groups excluding carboxylic acids is 1. The second-order valence-corrected chi connectivity index (χ2v) is 6.91. The highest BCUT2D eigenvalue weighted by atomic mass is 32.1. The number of rotatable bonds is 1. The first-order valence-corrected chi connectivity index (χ1v) is 8.36. The maximum Gasteiger partial charge on any atom is 0.249 e. The van der Waals surface area contributed by atoms with E-state index >= 15 is 0 Å². The van der Waals surface area contributed by atoms with Crippen LogP contribution in [0.15, 0.2) is 23.2 Å². The van der Waals surface area contributed by atoms with Gasteiger partial charge < -0.3 is 5.32 Å². The predicted molar refractivity (Wildman–Crippen MR) is 86.4 cm³/mol. The Kier molecular flexibility index (Phi) is 3.30. The quantitative estimate of drug-likeness (QED) is 0.850. The summed E-state index contributed by atoms with van der Waals surface area (Å²) in [6.45, 7) is 1.63. The normalized spacial score (nSPS) is 19.7. The lowest BCUT2D eigenvalue weighted by molar-refractivity contribution is -0.116. The molecule has 4 rings (SSSR count). The van der Waals surface area contributed by atoms with Crippen LogP contribution in [-0.2, 0) is 17.6 Å². The van der Waals surface area contributed by atoms with Crippen molar-refractivity contribution in [3.8, 4) is 0 Å². The van der Waals surface area contributed by atoms with Crippen molar-refractivity contribution in [1.29, 1.82) is 0 Å². The molecule has 0 fully saturated rings. The zero-order valence-electron chi connectivity index (χ0n) is 12.5. The maximum absolute atomic E-state index is 14.3. The van der Waals surface area contributed by atoms with Gasteiger partial charge in [-0.1, -0.05) is 6.07 Å². The van der Waals surface area contributed by atoms with Gasteiger partial charge in [0.1, 0.15) is 22.7 Å². The molecule has 1 unspecified atom stereocenters. The Bertz CT molecular complexity index is 836. The third-order valence-corrected chi connectivity index (χ3v) is 5.50. The summed E-state index contributed by atoms with van der Waals surface area (Å²) >= 11 is 1.50. The number of amides is 1. The lowest BCUT2D eigenvalue weighted by Gasteiger charge is -2.10. The summed E-state index contributed by atoms with van der Waals surface area (Å²) in [5, 5.41) is 3.52. The van der Waals surface area contributed by atoms with Crippen LogP contribution in [0, 0.1) is 11.6 Å². The van der Waals surface area contributed by atoms with Crippen LogP contribution in [0.3, 0.4) is 0 Å². The van der Waals surface area contributed by atoms with Gasteiger partial charge in [-0.2, -0.15) is 0 Å². The Morgan fingerprint density at radius 1 is 1.22 bits per heavy atom. The molecule has 0 spiro atoms. The summed E-state index contributed by atoms with van der Waals surface area (Å²) in [4.78, 5) is 17.7. The molecule has 0 saturated carbocycles. The van der Waals surface area contributed by atoms with E-state index in [0.29, 0.717) is 10.6 Å². The van der Waals surface area contributed by atoms with Gasteiger partial charge >= 0.3 is 0 Å². The topological polar surface area (TPSA) is 41.5 Å². The molecule has 1 aromatic carbocycles. The van der Waals surface area contributed by atoms with E-state index in [-0.39, 0.29) is 17.2 Å². The van der Waals surface area contributed by atoms with Crippen LogP contribution in [0.2, 0.25) is 0 Å². The number of carbonyl (C=O) groups is 1. The SMILES string of the molecule is CC1N=C(c2c(F)cccc2F)c2c(sc3c2CCC3)NC1=O. The van der Waals surface area contributed by atoms with Gasteiger partial charge in [0.25, 0.3) is 0 Å². The summed E-state index contributed by atoms with van der Waals surface area (Å²) < 4.78 is 28.6. The number of nitrogens with zero attached hydrogens (tertiary/aromatic N) is 1. The number of hydrogen-bond acceptors (Lipinski definition) is 3. The van der Waals surface area contributed by atoms with Gasteiger partial charge in [-0.15, -0.1) is 11.3 Å². The molecule has 0 bridgehead atoms. The summed E-state index contributed by atoms with van der Waals surface area (Å²) in [6, 6.07) is 3.08. The van der Waals surface area contributed by atoms with Crippen LogP contribution in [0.5, 0.6) is 0 Å². The Hall–Kier alpha value is -2.08. The molecule has 2 aliphatic rings. The van der Waals surface area contributed by atoms with Crippen LogP contribution in [0.1, 0.15) is 34.9 Å². The minimum absolute atomic E-state index is 0.149. The molecule has 1 N–H and O–H groups in total. The lowest BCUT2D eigenvalue weighted by atomic mass is 9.98. The third kappa shape index (κ3) is 2.20. The predicted octanol–water partition coefficient (Wildman–Crippen LogP) is 3.69. The fourth-order valence-corrected chi connectivity index (χ4v) is 4.48. The Labute approximate surface area is 136 Å². The molecule has 1 aromatic heterocycles. The van der Waals surface area contributed by atoms with Crippen molar-refractivity contribution >= 4 is 28.0 Å². The Morgan fingerprint density at radius 3 is 2.70 bits per heavy atom. The average molecular weight is 332 g/mol. The molecule has 0 radical (unpaired) electrons. The first kappa shape index (κ1) is 14.5. The van der Waals surface area contributed by atoms with Crippen molar-refractivity contribution in [3.05, 3.63) is 51.4 Å². The summed E-state index contributed by atoms with van der Waals surface area (Å²) in [5.74, 6) is -1.57. The maximum atomic E-state index is 14.3. The van der Waals surface area contributed by atoms with E-state index in [1.165, 1.54) is 34.4 Å². The van der Waals surface area contributed by atoms with Crippen molar-refractivity contribution < 1.29 is 13.6 Å². The van der Waals surface area contributed by atoms with E-state index in [4.69, 9.17) is 0 Å². The molecule has 23 heavy (non-hydrogen) atoms. The van der Waals surface area contributed by atoms with Crippen LogP contribution in [0.4, 0.5) is 13.8 Å². The van der Waals surface area contributed by atoms with Gasteiger partial charge in [0.05, 0.1) is 11.3 Å². The van der Waals surface area contributed by atoms with Gasteiger partial charge in [-0.25, -0.2) is 8.78 Å². The molecule has 1 aliphatic heterocycles. The number of thiophene rings is 1. The van der Waals surface area contributed by atoms with Gasteiger partial charge in [0, 0.05) is 10.4 Å². The number of aryl methyl sites for hydroxylation is 1. The van der Waals surface area contributed by atoms with Gasteiger partial charge in [-0.05, 0) is 43.9 Å². The molecule has 1 aliphatic carbocycles. The Morgan fingerprint density at radius 2 is 1.96 bits per heavy atom. The number of benzene rings is 1. The number of anilines is 1. The molecule has 3 nitrogen and oxygen atoms in total. The summed E-state index contributed by atoms with van der Waals surface area (Å²) in [5.41, 5.74) is 1.87. The van der Waals surface area contributed by atoms with Crippen LogP contribution >= 0.6 is 11.3 Å². The highest BCUT2D eigenvalue weighted by Gasteiger charge is 2.32. The van der Waals surface area contributed by atoms with Crippen LogP contribution in [0.25, 0.3) is 0 Å². The fraction of sp³-hybridized carbons (Fsp3) is 0.294.